The minimum atomic E-state index is -0.363. The van der Waals surface area contributed by atoms with Crippen LogP contribution in [0.3, 0.4) is 0 Å². The molecular formula is C27H21FN2O3S. The lowest BCUT2D eigenvalue weighted by Gasteiger charge is -2.24. The Kier molecular flexibility index (Phi) is 5.94. The maximum atomic E-state index is 13.9. The maximum absolute atomic E-state index is 13.9. The molecule has 170 valence electrons. The lowest BCUT2D eigenvalue weighted by atomic mass is 10.1. The van der Waals surface area contributed by atoms with Gasteiger partial charge in [0.15, 0.2) is 0 Å². The van der Waals surface area contributed by atoms with E-state index in [-0.39, 0.29) is 24.2 Å². The van der Waals surface area contributed by atoms with Gasteiger partial charge in [-0.3, -0.25) is 9.59 Å². The normalized spacial score (nSPS) is 12.6. The SMILES string of the molecule is CN(Cc1ccco1)C(=O)c1ccc2c(c1)N(Cc1cccc(F)c1)C(=O)c1ccccc1S2. The summed E-state index contributed by atoms with van der Waals surface area (Å²) in [6.45, 7) is 0.507. The van der Waals surface area contributed by atoms with Crippen LogP contribution in [0.2, 0.25) is 0 Å². The zero-order valence-electron chi connectivity index (χ0n) is 18.4. The summed E-state index contributed by atoms with van der Waals surface area (Å²) in [5.74, 6) is -0.0680. The summed E-state index contributed by atoms with van der Waals surface area (Å²) in [6.07, 6.45) is 1.57. The van der Waals surface area contributed by atoms with Crippen LogP contribution in [-0.2, 0) is 13.1 Å². The van der Waals surface area contributed by atoms with Crippen molar-refractivity contribution in [3.8, 4) is 0 Å². The summed E-state index contributed by atoms with van der Waals surface area (Å²) in [7, 11) is 1.71. The van der Waals surface area contributed by atoms with Crippen LogP contribution >= 0.6 is 11.8 Å². The first-order chi connectivity index (χ1) is 16.5. The first-order valence-corrected chi connectivity index (χ1v) is 11.6. The van der Waals surface area contributed by atoms with Gasteiger partial charge in [0, 0.05) is 22.4 Å². The Hall–Kier alpha value is -3.84. The Balaban J connectivity index is 1.54. The fourth-order valence-corrected chi connectivity index (χ4v) is 5.02. The molecule has 3 aromatic carbocycles. The third-order valence-electron chi connectivity index (χ3n) is 5.63. The minimum Gasteiger partial charge on any atom is -0.467 e. The predicted molar refractivity (Wildman–Crippen MR) is 128 cm³/mol. The van der Waals surface area contributed by atoms with Crippen molar-refractivity contribution in [2.45, 2.75) is 22.9 Å². The predicted octanol–water partition coefficient (Wildman–Crippen LogP) is 6.00. The van der Waals surface area contributed by atoms with Crippen molar-refractivity contribution in [2.75, 3.05) is 11.9 Å². The Labute approximate surface area is 200 Å². The molecule has 4 aromatic rings. The molecule has 0 spiro atoms. The summed E-state index contributed by atoms with van der Waals surface area (Å²) in [5, 5.41) is 0. The molecule has 2 amide bonds. The third-order valence-corrected chi connectivity index (χ3v) is 6.77. The second-order valence-corrected chi connectivity index (χ2v) is 9.13. The second-order valence-electron chi connectivity index (χ2n) is 8.04. The molecule has 1 aliphatic heterocycles. The molecule has 34 heavy (non-hydrogen) atoms. The smallest absolute Gasteiger partial charge is 0.259 e. The average molecular weight is 473 g/mol. The molecule has 1 aliphatic rings. The number of halogens is 1. The van der Waals surface area contributed by atoms with E-state index in [1.807, 2.05) is 30.3 Å². The van der Waals surface area contributed by atoms with Gasteiger partial charge in [-0.25, -0.2) is 4.39 Å². The van der Waals surface area contributed by atoms with Crippen molar-refractivity contribution < 1.29 is 18.4 Å². The minimum absolute atomic E-state index is 0.179. The molecule has 5 rings (SSSR count). The van der Waals surface area contributed by atoms with E-state index < -0.39 is 0 Å². The Morgan fingerprint density at radius 3 is 2.65 bits per heavy atom. The molecule has 1 aromatic heterocycles. The molecule has 0 radical (unpaired) electrons. The molecule has 0 atom stereocenters. The van der Waals surface area contributed by atoms with Crippen molar-refractivity contribution in [2.24, 2.45) is 0 Å². The number of hydrogen-bond acceptors (Lipinski definition) is 4. The summed E-state index contributed by atoms with van der Waals surface area (Å²) in [6, 6.07) is 22.6. The number of hydrogen-bond donors (Lipinski definition) is 0. The van der Waals surface area contributed by atoms with Crippen LogP contribution in [0.25, 0.3) is 0 Å². The fraction of sp³-hybridized carbons (Fsp3) is 0.111. The van der Waals surface area contributed by atoms with Crippen LogP contribution in [0.15, 0.2) is 99.3 Å². The largest absolute Gasteiger partial charge is 0.467 e. The molecule has 2 heterocycles. The van der Waals surface area contributed by atoms with E-state index in [2.05, 4.69) is 0 Å². The summed E-state index contributed by atoms with van der Waals surface area (Å²) in [4.78, 5) is 31.7. The van der Waals surface area contributed by atoms with Gasteiger partial charge in [0.05, 0.1) is 30.6 Å². The van der Waals surface area contributed by atoms with Gasteiger partial charge in [-0.15, -0.1) is 0 Å². The summed E-state index contributed by atoms with van der Waals surface area (Å²) in [5.41, 5.74) is 2.31. The fourth-order valence-electron chi connectivity index (χ4n) is 3.96. The molecular weight excluding hydrogens is 451 g/mol. The van der Waals surface area contributed by atoms with Crippen LogP contribution in [0.5, 0.6) is 0 Å². The van der Waals surface area contributed by atoms with Gasteiger partial charge in [-0.1, -0.05) is 36.0 Å². The van der Waals surface area contributed by atoms with Crippen molar-refractivity contribution >= 4 is 29.3 Å². The standard InChI is InChI=1S/C27H21FN2O3S/c1-29(17-21-8-5-13-33-21)26(31)19-11-12-25-23(15-19)30(16-18-6-4-7-20(28)14-18)27(32)22-9-2-3-10-24(22)34-25/h2-15H,16-17H2,1H3. The number of rotatable bonds is 5. The van der Waals surface area contributed by atoms with Gasteiger partial charge in [-0.2, -0.15) is 0 Å². The molecule has 7 heteroatoms. The Morgan fingerprint density at radius 2 is 1.85 bits per heavy atom. The van der Waals surface area contributed by atoms with E-state index in [0.29, 0.717) is 34.7 Å². The van der Waals surface area contributed by atoms with Crippen LogP contribution in [-0.4, -0.2) is 23.8 Å². The molecule has 0 saturated heterocycles. The van der Waals surface area contributed by atoms with E-state index in [9.17, 15) is 14.0 Å². The molecule has 0 bridgehead atoms. The zero-order chi connectivity index (χ0) is 23.7. The van der Waals surface area contributed by atoms with Gasteiger partial charge < -0.3 is 14.2 Å². The highest BCUT2D eigenvalue weighted by Crippen LogP contribution is 2.42. The highest BCUT2D eigenvalue weighted by atomic mass is 32.2. The van der Waals surface area contributed by atoms with Crippen LogP contribution in [0.1, 0.15) is 32.0 Å². The van der Waals surface area contributed by atoms with Crippen molar-refractivity contribution in [3.63, 3.8) is 0 Å². The van der Waals surface area contributed by atoms with Gasteiger partial charge in [-0.05, 0) is 60.2 Å². The Bertz CT molecular complexity index is 1370. The van der Waals surface area contributed by atoms with E-state index in [4.69, 9.17) is 4.42 Å². The van der Waals surface area contributed by atoms with Gasteiger partial charge in [0.25, 0.3) is 11.8 Å². The second kappa shape index (κ2) is 9.19. The van der Waals surface area contributed by atoms with Crippen molar-refractivity contribution in [1.82, 2.24) is 4.90 Å². The topological polar surface area (TPSA) is 53.8 Å². The number of anilines is 1. The van der Waals surface area contributed by atoms with Crippen LogP contribution < -0.4 is 4.90 Å². The summed E-state index contributed by atoms with van der Waals surface area (Å²) >= 11 is 1.48. The van der Waals surface area contributed by atoms with Crippen LogP contribution in [0.4, 0.5) is 10.1 Å². The van der Waals surface area contributed by atoms with E-state index >= 15 is 0 Å². The first-order valence-electron chi connectivity index (χ1n) is 10.7. The van der Waals surface area contributed by atoms with Gasteiger partial charge in [0.2, 0.25) is 0 Å². The lowest BCUT2D eigenvalue weighted by Crippen LogP contribution is -2.31. The number of benzene rings is 3. The molecule has 0 unspecified atom stereocenters. The lowest BCUT2D eigenvalue weighted by molar-refractivity contribution is 0.0775. The van der Waals surface area contributed by atoms with E-state index in [0.717, 1.165) is 9.79 Å². The monoisotopic (exact) mass is 472 g/mol. The number of furan rings is 1. The molecule has 0 aliphatic carbocycles. The number of carbonyl (C=O) groups is 2. The highest BCUT2D eigenvalue weighted by molar-refractivity contribution is 7.99. The number of amides is 2. The molecule has 5 nitrogen and oxygen atoms in total. The zero-order valence-corrected chi connectivity index (χ0v) is 19.2. The van der Waals surface area contributed by atoms with Crippen molar-refractivity contribution in [3.05, 3.63) is 113 Å². The molecule has 0 saturated carbocycles. The third kappa shape index (κ3) is 4.34. The highest BCUT2D eigenvalue weighted by Gasteiger charge is 2.28. The Morgan fingerprint density at radius 1 is 1.00 bits per heavy atom. The van der Waals surface area contributed by atoms with E-state index in [1.165, 1.54) is 23.9 Å². The molecule has 0 N–H and O–H groups in total. The van der Waals surface area contributed by atoms with Gasteiger partial charge in [0.1, 0.15) is 11.6 Å². The number of nitrogens with zero attached hydrogens (tertiary/aromatic N) is 2. The van der Waals surface area contributed by atoms with Crippen molar-refractivity contribution in [1.29, 1.82) is 0 Å². The number of fused-ring (bicyclic) bond motifs is 2. The first kappa shape index (κ1) is 22.0. The quantitative estimate of drug-likeness (QED) is 0.357. The average Bonchev–Trinajstić information content (AvgIpc) is 3.32. The van der Waals surface area contributed by atoms with Gasteiger partial charge >= 0.3 is 0 Å². The molecule has 0 fully saturated rings. The summed E-state index contributed by atoms with van der Waals surface area (Å²) < 4.78 is 19.2. The van der Waals surface area contributed by atoms with E-state index in [1.54, 1.807) is 59.5 Å². The van der Waals surface area contributed by atoms with Crippen LogP contribution in [0, 0.1) is 5.82 Å². The maximum Gasteiger partial charge on any atom is 0.259 e. The number of carbonyl (C=O) groups excluding carboxylic acids is 2.